The zero-order chi connectivity index (χ0) is 24.6. The number of nitrogens with one attached hydrogen (secondary N) is 3. The van der Waals surface area contributed by atoms with Crippen LogP contribution in [0.3, 0.4) is 0 Å². The van der Waals surface area contributed by atoms with Crippen molar-refractivity contribution in [3.05, 3.63) is 0 Å². The first kappa shape index (κ1) is 31.6. The summed E-state index contributed by atoms with van der Waals surface area (Å²) in [5.74, 6) is 0.164. The van der Waals surface area contributed by atoms with Gasteiger partial charge in [-0.3, -0.25) is 14.4 Å². The van der Waals surface area contributed by atoms with Crippen LogP contribution in [0, 0.1) is 0 Å². The molecule has 2 amide bonds. The lowest BCUT2D eigenvalue weighted by Crippen LogP contribution is -2.33. The van der Waals surface area contributed by atoms with Gasteiger partial charge in [0.2, 0.25) is 11.8 Å². The van der Waals surface area contributed by atoms with E-state index >= 15 is 0 Å². The van der Waals surface area contributed by atoms with Gasteiger partial charge in [0.05, 0.1) is 6.04 Å². The van der Waals surface area contributed by atoms with Crippen molar-refractivity contribution in [1.82, 2.24) is 16.0 Å². The topological polar surface area (TPSA) is 87.3 Å². The lowest BCUT2D eigenvalue weighted by atomic mass is 10.0. The number of hydrogen-bond donors (Lipinski definition) is 3. The predicted octanol–water partition coefficient (Wildman–Crippen LogP) is 5.44. The molecule has 0 fully saturated rings. The molecule has 0 aromatic heterocycles. The molecule has 0 bridgehead atoms. The largest absolute Gasteiger partial charge is 0.356 e. The summed E-state index contributed by atoms with van der Waals surface area (Å²) in [5, 5.41) is 8.73. The van der Waals surface area contributed by atoms with E-state index in [1.165, 1.54) is 70.6 Å². The van der Waals surface area contributed by atoms with Crippen LogP contribution < -0.4 is 16.0 Å². The van der Waals surface area contributed by atoms with Crippen molar-refractivity contribution in [1.29, 1.82) is 0 Å². The lowest BCUT2D eigenvalue weighted by molar-refractivity contribution is -0.122. The minimum Gasteiger partial charge on any atom is -0.356 e. The average Bonchev–Trinajstić information content (AvgIpc) is 2.79. The SMILES string of the molecule is CCCCCCCCCCCCCCCC(=O)NCCC(=O)NCCCCC(NC)C(C)=O. The molecule has 0 saturated heterocycles. The van der Waals surface area contributed by atoms with Crippen LogP contribution in [0.4, 0.5) is 0 Å². The number of carbonyl (C=O) groups excluding carboxylic acids is 3. The first-order chi connectivity index (χ1) is 16.0. The molecule has 33 heavy (non-hydrogen) atoms. The maximum Gasteiger partial charge on any atom is 0.221 e. The Morgan fingerprint density at radius 3 is 1.61 bits per heavy atom. The number of amides is 2. The van der Waals surface area contributed by atoms with E-state index in [-0.39, 0.29) is 23.6 Å². The number of Topliss-reactive ketones (excluding diaryl/α,β-unsaturated/α-hetero) is 1. The van der Waals surface area contributed by atoms with E-state index in [0.29, 0.717) is 25.9 Å². The Morgan fingerprint density at radius 1 is 0.606 bits per heavy atom. The van der Waals surface area contributed by atoms with E-state index in [2.05, 4.69) is 22.9 Å². The second-order valence-corrected chi connectivity index (χ2v) is 9.39. The fourth-order valence-electron chi connectivity index (χ4n) is 4.05. The molecule has 0 radical (unpaired) electrons. The maximum atomic E-state index is 11.9. The van der Waals surface area contributed by atoms with Gasteiger partial charge in [0.15, 0.2) is 0 Å². The summed E-state index contributed by atoms with van der Waals surface area (Å²) in [6.07, 6.45) is 20.3. The van der Waals surface area contributed by atoms with Gasteiger partial charge in [-0.05, 0) is 39.7 Å². The second-order valence-electron chi connectivity index (χ2n) is 9.39. The summed E-state index contributed by atoms with van der Waals surface area (Å²) >= 11 is 0. The Balaban J connectivity index is 3.40. The third-order valence-electron chi connectivity index (χ3n) is 6.26. The van der Waals surface area contributed by atoms with Crippen molar-refractivity contribution >= 4 is 17.6 Å². The molecule has 0 aliphatic rings. The summed E-state index contributed by atoms with van der Waals surface area (Å²) in [6.45, 7) is 4.86. The number of rotatable bonds is 24. The predicted molar refractivity (Wildman–Crippen MR) is 138 cm³/mol. The molecule has 0 aliphatic carbocycles. The van der Waals surface area contributed by atoms with Gasteiger partial charge in [-0.1, -0.05) is 84.0 Å². The zero-order valence-electron chi connectivity index (χ0n) is 21.9. The third-order valence-corrected chi connectivity index (χ3v) is 6.26. The van der Waals surface area contributed by atoms with Gasteiger partial charge < -0.3 is 16.0 Å². The van der Waals surface area contributed by atoms with E-state index in [0.717, 1.165) is 32.1 Å². The molecule has 3 N–H and O–H groups in total. The van der Waals surface area contributed by atoms with Gasteiger partial charge in [0, 0.05) is 25.9 Å². The number of unbranched alkanes of at least 4 members (excludes halogenated alkanes) is 13. The van der Waals surface area contributed by atoms with Crippen LogP contribution >= 0.6 is 0 Å². The Bertz CT molecular complexity index is 497. The van der Waals surface area contributed by atoms with E-state index < -0.39 is 0 Å². The first-order valence-electron chi connectivity index (χ1n) is 13.7. The van der Waals surface area contributed by atoms with Crippen LogP contribution in [0.5, 0.6) is 0 Å². The highest BCUT2D eigenvalue weighted by Crippen LogP contribution is 2.12. The molecule has 1 atom stereocenters. The Labute approximate surface area is 203 Å². The van der Waals surface area contributed by atoms with Gasteiger partial charge in [-0.25, -0.2) is 0 Å². The fourth-order valence-corrected chi connectivity index (χ4v) is 4.05. The van der Waals surface area contributed by atoms with Gasteiger partial charge in [-0.15, -0.1) is 0 Å². The molecule has 0 heterocycles. The van der Waals surface area contributed by atoms with E-state index in [1.54, 1.807) is 14.0 Å². The standard InChI is InChI=1S/C27H53N3O3/c1-4-5-6-7-8-9-10-11-12-13-14-15-16-20-26(32)30-23-21-27(33)29-22-18-17-19-25(28-3)24(2)31/h25,28H,4-23H2,1-3H3,(H,29,33)(H,30,32). The molecule has 194 valence electrons. The van der Waals surface area contributed by atoms with Crippen LogP contribution in [-0.4, -0.2) is 43.8 Å². The third kappa shape index (κ3) is 22.1. The van der Waals surface area contributed by atoms with Crippen molar-refractivity contribution in [2.24, 2.45) is 0 Å². The van der Waals surface area contributed by atoms with Crippen LogP contribution in [0.2, 0.25) is 0 Å². The van der Waals surface area contributed by atoms with Gasteiger partial charge in [-0.2, -0.15) is 0 Å². The molecule has 6 heteroatoms. The van der Waals surface area contributed by atoms with Crippen LogP contribution in [0.1, 0.15) is 129 Å². The Kier molecular flexibility index (Phi) is 22.7. The molecule has 0 spiro atoms. The molecule has 1 unspecified atom stereocenters. The minimum atomic E-state index is -0.0918. The molecule has 0 aliphatic heterocycles. The smallest absolute Gasteiger partial charge is 0.221 e. The second kappa shape index (κ2) is 23.7. The number of carbonyl (C=O) groups is 3. The lowest BCUT2D eigenvalue weighted by Gasteiger charge is -2.12. The first-order valence-corrected chi connectivity index (χ1v) is 13.7. The van der Waals surface area contributed by atoms with Gasteiger partial charge >= 0.3 is 0 Å². The summed E-state index contributed by atoms with van der Waals surface area (Å²) in [6, 6.07) is -0.0918. The molecular weight excluding hydrogens is 414 g/mol. The van der Waals surface area contributed by atoms with Gasteiger partial charge in [0.1, 0.15) is 5.78 Å². The summed E-state index contributed by atoms with van der Waals surface area (Å²) in [7, 11) is 1.79. The van der Waals surface area contributed by atoms with Crippen LogP contribution in [0.25, 0.3) is 0 Å². The fraction of sp³-hybridized carbons (Fsp3) is 0.889. The normalized spacial score (nSPS) is 11.8. The average molecular weight is 468 g/mol. The molecular formula is C27H53N3O3. The summed E-state index contributed by atoms with van der Waals surface area (Å²) in [5.41, 5.74) is 0. The molecule has 0 aromatic rings. The summed E-state index contributed by atoms with van der Waals surface area (Å²) < 4.78 is 0. The quantitative estimate of drug-likeness (QED) is 0.165. The zero-order valence-corrected chi connectivity index (χ0v) is 21.9. The Hall–Kier alpha value is -1.43. The van der Waals surface area contributed by atoms with Crippen LogP contribution in [0.15, 0.2) is 0 Å². The monoisotopic (exact) mass is 467 g/mol. The van der Waals surface area contributed by atoms with Crippen molar-refractivity contribution in [3.8, 4) is 0 Å². The van der Waals surface area contributed by atoms with E-state index in [4.69, 9.17) is 0 Å². The number of likely N-dealkylation sites (N-methyl/N-ethyl adjacent to an activating group) is 1. The molecule has 6 nitrogen and oxygen atoms in total. The molecule has 0 aromatic carbocycles. The van der Waals surface area contributed by atoms with Crippen molar-refractivity contribution in [2.75, 3.05) is 20.1 Å². The highest BCUT2D eigenvalue weighted by molar-refractivity contribution is 5.81. The highest BCUT2D eigenvalue weighted by Gasteiger charge is 2.10. The molecule has 0 saturated carbocycles. The van der Waals surface area contributed by atoms with E-state index in [9.17, 15) is 14.4 Å². The van der Waals surface area contributed by atoms with Gasteiger partial charge in [0.25, 0.3) is 0 Å². The van der Waals surface area contributed by atoms with Crippen molar-refractivity contribution < 1.29 is 14.4 Å². The molecule has 0 rings (SSSR count). The van der Waals surface area contributed by atoms with E-state index in [1.807, 2.05) is 0 Å². The Morgan fingerprint density at radius 2 is 1.09 bits per heavy atom. The van der Waals surface area contributed by atoms with Crippen molar-refractivity contribution in [2.45, 2.75) is 135 Å². The number of ketones is 1. The van der Waals surface area contributed by atoms with Crippen molar-refractivity contribution in [3.63, 3.8) is 0 Å². The van der Waals surface area contributed by atoms with Crippen LogP contribution in [-0.2, 0) is 14.4 Å². The number of hydrogen-bond acceptors (Lipinski definition) is 4. The minimum absolute atomic E-state index is 0.0343. The maximum absolute atomic E-state index is 11.9. The highest BCUT2D eigenvalue weighted by atomic mass is 16.2. The summed E-state index contributed by atoms with van der Waals surface area (Å²) in [4.78, 5) is 35.1.